The molecule has 0 radical (unpaired) electrons. The number of rotatable bonds is 6. The third-order valence-corrected chi connectivity index (χ3v) is 8.89. The first kappa shape index (κ1) is 27.4. The molecule has 3 aliphatic rings. The minimum absolute atomic E-state index is 0.0558. The topological polar surface area (TPSA) is 106 Å². The van der Waals surface area contributed by atoms with Gasteiger partial charge >= 0.3 is 6.03 Å². The van der Waals surface area contributed by atoms with Gasteiger partial charge < -0.3 is 20.0 Å². The molecule has 3 aromatic rings. The van der Waals surface area contributed by atoms with Crippen LogP contribution in [0.2, 0.25) is 0 Å². The molecule has 41 heavy (non-hydrogen) atoms. The molecule has 0 saturated carbocycles. The second-order valence-corrected chi connectivity index (χ2v) is 11.8. The fourth-order valence-electron chi connectivity index (χ4n) is 5.74. The first-order valence-corrected chi connectivity index (χ1v) is 15.1. The summed E-state index contributed by atoms with van der Waals surface area (Å²) in [6.07, 6.45) is 5.53. The number of carbonyl (C=O) groups is 2. The highest BCUT2D eigenvalue weighted by Gasteiger charge is 2.34. The average Bonchev–Trinajstić information content (AvgIpc) is 3.45. The van der Waals surface area contributed by atoms with E-state index >= 15 is 0 Å². The number of likely N-dealkylation sites (tertiary alicyclic amines) is 1. The predicted octanol–water partition coefficient (Wildman–Crippen LogP) is 3.05. The number of anilines is 2. The Kier molecular flexibility index (Phi) is 8.31. The zero-order chi connectivity index (χ0) is 28.2. The summed E-state index contributed by atoms with van der Waals surface area (Å²) in [5.41, 5.74) is 7.15. The van der Waals surface area contributed by atoms with Gasteiger partial charge in [0.25, 0.3) is 0 Å². The van der Waals surface area contributed by atoms with Crippen LogP contribution in [0.15, 0.2) is 54.2 Å². The fraction of sp³-hybridized carbons (Fsp3) is 0.448. The third kappa shape index (κ3) is 6.45. The Morgan fingerprint density at radius 1 is 1.05 bits per heavy atom. The molecule has 5 heterocycles. The van der Waals surface area contributed by atoms with Crippen LogP contribution >= 0.6 is 11.3 Å². The van der Waals surface area contributed by atoms with Gasteiger partial charge in [0.1, 0.15) is 6.04 Å². The van der Waals surface area contributed by atoms with Crippen molar-refractivity contribution >= 4 is 34.6 Å². The lowest BCUT2D eigenvalue weighted by molar-refractivity contribution is -0.184. The number of hydrogen-bond donors (Lipinski definition) is 2. The Labute approximate surface area is 244 Å². The van der Waals surface area contributed by atoms with E-state index in [4.69, 9.17) is 4.94 Å². The summed E-state index contributed by atoms with van der Waals surface area (Å²) in [6.45, 7) is 6.52. The maximum atomic E-state index is 13.7. The molecular weight excluding hydrogens is 540 g/mol. The highest BCUT2D eigenvalue weighted by molar-refractivity contribution is 7.09. The van der Waals surface area contributed by atoms with Gasteiger partial charge in [-0.25, -0.2) is 15.3 Å². The van der Waals surface area contributed by atoms with Crippen LogP contribution in [0.3, 0.4) is 0 Å². The zero-order valence-electron chi connectivity index (χ0n) is 23.2. The minimum atomic E-state index is -0.666. The molecule has 3 aliphatic heterocycles. The number of para-hydroxylation sites is 1. The lowest BCUT2D eigenvalue weighted by Crippen LogP contribution is -2.58. The Bertz CT molecular complexity index is 1340. The molecule has 1 unspecified atom stereocenters. The van der Waals surface area contributed by atoms with Gasteiger partial charge in [0.15, 0.2) is 0 Å². The number of piperidine rings is 1. The van der Waals surface area contributed by atoms with Crippen LogP contribution in [0.5, 0.6) is 0 Å². The summed E-state index contributed by atoms with van der Waals surface area (Å²) < 4.78 is 0. The Morgan fingerprint density at radius 2 is 1.80 bits per heavy atom. The molecule has 12 heteroatoms. The number of fused-ring (bicyclic) bond motifs is 1. The molecule has 2 saturated heterocycles. The van der Waals surface area contributed by atoms with E-state index in [0.29, 0.717) is 39.1 Å². The van der Waals surface area contributed by atoms with Crippen molar-refractivity contribution in [1.82, 2.24) is 30.1 Å². The Hall–Kier alpha value is -3.74. The van der Waals surface area contributed by atoms with Crippen molar-refractivity contribution in [2.45, 2.75) is 44.8 Å². The van der Waals surface area contributed by atoms with Crippen LogP contribution < -0.4 is 15.7 Å². The summed E-state index contributed by atoms with van der Waals surface area (Å²) in [7, 11) is 0. The van der Waals surface area contributed by atoms with Gasteiger partial charge in [-0.3, -0.25) is 9.78 Å². The quantitative estimate of drug-likeness (QED) is 0.461. The van der Waals surface area contributed by atoms with Crippen LogP contribution in [-0.2, 0) is 22.7 Å². The van der Waals surface area contributed by atoms with Crippen LogP contribution in [0.1, 0.15) is 29.1 Å². The number of hydroxylamine groups is 2. The molecule has 6 rings (SSSR count). The van der Waals surface area contributed by atoms with E-state index < -0.39 is 6.04 Å². The number of thiazole rings is 1. The molecule has 0 spiro atoms. The second-order valence-electron chi connectivity index (χ2n) is 10.7. The smallest absolute Gasteiger partial charge is 0.318 e. The van der Waals surface area contributed by atoms with Crippen molar-refractivity contribution in [3.05, 3.63) is 70.4 Å². The van der Waals surface area contributed by atoms with Gasteiger partial charge in [0.2, 0.25) is 5.91 Å². The van der Waals surface area contributed by atoms with Crippen molar-refractivity contribution in [2.75, 3.05) is 49.6 Å². The Morgan fingerprint density at radius 3 is 2.54 bits per heavy atom. The number of piperazine rings is 1. The number of urea groups is 1. The number of nitrogens with one attached hydrogen (secondary N) is 2. The first-order chi connectivity index (χ1) is 20.0. The number of benzene rings is 1. The fourth-order valence-corrected chi connectivity index (χ4v) is 6.36. The predicted molar refractivity (Wildman–Crippen MR) is 157 cm³/mol. The zero-order valence-corrected chi connectivity index (χ0v) is 24.1. The van der Waals surface area contributed by atoms with E-state index in [2.05, 4.69) is 31.7 Å². The van der Waals surface area contributed by atoms with Crippen molar-refractivity contribution in [1.29, 1.82) is 0 Å². The minimum Gasteiger partial charge on any atom is -0.368 e. The molecule has 11 nitrogen and oxygen atoms in total. The van der Waals surface area contributed by atoms with E-state index in [1.54, 1.807) is 23.7 Å². The highest BCUT2D eigenvalue weighted by atomic mass is 32.1. The van der Waals surface area contributed by atoms with E-state index in [1.807, 2.05) is 57.5 Å². The molecule has 0 aliphatic carbocycles. The molecule has 2 aromatic heterocycles. The lowest BCUT2D eigenvalue weighted by atomic mass is 10.0. The monoisotopic (exact) mass is 576 g/mol. The van der Waals surface area contributed by atoms with Crippen LogP contribution in [-0.4, -0.2) is 88.1 Å². The number of hydrogen-bond acceptors (Lipinski definition) is 9. The van der Waals surface area contributed by atoms with Gasteiger partial charge in [-0.1, -0.05) is 18.2 Å². The summed E-state index contributed by atoms with van der Waals surface area (Å²) in [6, 6.07) is 11.4. The van der Waals surface area contributed by atoms with Crippen molar-refractivity contribution < 1.29 is 14.5 Å². The average molecular weight is 577 g/mol. The van der Waals surface area contributed by atoms with Gasteiger partial charge in [-0.05, 0) is 43.5 Å². The third-order valence-electron chi connectivity index (χ3n) is 8.07. The molecule has 2 N–H and O–H groups in total. The Balaban J connectivity index is 1.05. The first-order valence-electron chi connectivity index (χ1n) is 14.2. The van der Waals surface area contributed by atoms with E-state index in [-0.39, 0.29) is 18.0 Å². The summed E-state index contributed by atoms with van der Waals surface area (Å²) in [5.74, 6) is -0.0558. The maximum absolute atomic E-state index is 13.7. The number of nitrogens with zero attached hydrogens (tertiary/aromatic N) is 6. The normalized spacial score (nSPS) is 18.9. The lowest BCUT2D eigenvalue weighted by Gasteiger charge is -2.40. The molecule has 0 bridgehead atoms. The molecular formula is C29H36N8O3S. The van der Waals surface area contributed by atoms with E-state index in [0.717, 1.165) is 48.0 Å². The van der Waals surface area contributed by atoms with E-state index in [1.165, 1.54) is 5.56 Å². The van der Waals surface area contributed by atoms with Gasteiger partial charge in [-0.2, -0.15) is 10.0 Å². The van der Waals surface area contributed by atoms with Crippen molar-refractivity contribution in [2.24, 2.45) is 0 Å². The van der Waals surface area contributed by atoms with Gasteiger partial charge in [0, 0.05) is 75.2 Å². The largest absolute Gasteiger partial charge is 0.368 e. The standard InChI is InChI=1S/C29H36N8O3S/c1-21-31-23(20-41-21)18-27(28(38)35-16-14-34(15-17-35)24-6-10-30-11-7-24)32-29(39)36-12-8-25(9-13-36)37-19-22-4-2-3-5-26(22)33-40-37/h2-7,10-11,20,25,27,33H,8-9,12-19H2,1H3,(H,32,39). The number of aryl methyl sites for hydroxylation is 1. The molecule has 1 atom stereocenters. The number of carbonyl (C=O) groups excluding carboxylic acids is 2. The SMILES string of the molecule is Cc1nc(CC(NC(=O)N2CCC(N3Cc4ccccc4NO3)CC2)C(=O)N2CCN(c3ccncc3)CC2)cs1. The summed E-state index contributed by atoms with van der Waals surface area (Å²) in [5, 5.41) is 7.96. The second kappa shape index (κ2) is 12.4. The summed E-state index contributed by atoms with van der Waals surface area (Å²) >= 11 is 1.56. The van der Waals surface area contributed by atoms with Crippen molar-refractivity contribution in [3.8, 4) is 0 Å². The van der Waals surface area contributed by atoms with Crippen molar-refractivity contribution in [3.63, 3.8) is 0 Å². The van der Waals surface area contributed by atoms with E-state index in [9.17, 15) is 9.59 Å². The van der Waals surface area contributed by atoms with Crippen LogP contribution in [0, 0.1) is 6.92 Å². The maximum Gasteiger partial charge on any atom is 0.318 e. The summed E-state index contributed by atoms with van der Waals surface area (Å²) in [4.78, 5) is 47.6. The number of amides is 3. The van der Waals surface area contributed by atoms with Crippen LogP contribution in [0.25, 0.3) is 0 Å². The molecule has 2 fully saturated rings. The molecule has 1 aromatic carbocycles. The van der Waals surface area contributed by atoms with Crippen LogP contribution in [0.4, 0.5) is 16.2 Å². The van der Waals surface area contributed by atoms with Gasteiger partial charge in [0.05, 0.1) is 22.9 Å². The van der Waals surface area contributed by atoms with Gasteiger partial charge in [-0.15, -0.1) is 11.3 Å². The molecule has 216 valence electrons. The number of aromatic nitrogens is 2. The number of pyridine rings is 1. The molecule has 3 amide bonds. The highest BCUT2D eigenvalue weighted by Crippen LogP contribution is 2.27.